The third-order valence-electron chi connectivity index (χ3n) is 2.90. The highest BCUT2D eigenvalue weighted by Gasteiger charge is 2.19. The number of hydrogen-bond donors (Lipinski definition) is 1. The Morgan fingerprint density at radius 1 is 1.44 bits per heavy atom. The van der Waals surface area contributed by atoms with Crippen molar-refractivity contribution in [3.05, 3.63) is 35.4 Å². The van der Waals surface area contributed by atoms with E-state index >= 15 is 0 Å². The highest BCUT2D eigenvalue weighted by atomic mass is 16.1. The van der Waals surface area contributed by atoms with E-state index in [-0.39, 0.29) is 0 Å². The molecule has 0 radical (unpaired) electrons. The molecule has 1 saturated carbocycles. The Morgan fingerprint density at radius 2 is 2.25 bits per heavy atom. The smallest absolute Gasteiger partial charge is 0.138 e. The Bertz CT molecular complexity index is 369. The van der Waals surface area contributed by atoms with Gasteiger partial charge >= 0.3 is 0 Å². The Balaban J connectivity index is 1.73. The number of ketones is 1. The second-order valence-corrected chi connectivity index (χ2v) is 4.68. The average Bonchev–Trinajstić information content (AvgIpc) is 3.01. The van der Waals surface area contributed by atoms with Crippen LogP contribution in [0.1, 0.15) is 30.4 Å². The van der Waals surface area contributed by atoms with Crippen LogP contribution >= 0.6 is 0 Å². The summed E-state index contributed by atoms with van der Waals surface area (Å²) in [6.45, 7) is 2.90. The molecule has 1 N–H and O–H groups in total. The van der Waals surface area contributed by atoms with Crippen LogP contribution in [0.15, 0.2) is 24.3 Å². The predicted octanol–water partition coefficient (Wildman–Crippen LogP) is 2.25. The minimum Gasteiger partial charge on any atom is -0.314 e. The number of Topliss-reactive ketones (excluding diaryl/α,β-unsaturated/α-hetero) is 1. The Hall–Kier alpha value is -1.15. The molecule has 0 bridgehead atoms. The van der Waals surface area contributed by atoms with Gasteiger partial charge < -0.3 is 5.32 Å². The molecule has 2 heteroatoms. The quantitative estimate of drug-likeness (QED) is 0.792. The van der Waals surface area contributed by atoms with Gasteiger partial charge in [0.05, 0.1) is 0 Å². The third kappa shape index (κ3) is 3.78. The van der Waals surface area contributed by atoms with Crippen molar-refractivity contribution in [2.75, 3.05) is 6.54 Å². The summed E-state index contributed by atoms with van der Waals surface area (Å²) in [5, 5.41) is 3.36. The number of benzene rings is 1. The fourth-order valence-corrected chi connectivity index (χ4v) is 1.84. The Morgan fingerprint density at radius 3 is 2.94 bits per heavy atom. The van der Waals surface area contributed by atoms with Crippen molar-refractivity contribution in [2.45, 2.75) is 38.6 Å². The number of hydrogen-bond acceptors (Lipinski definition) is 2. The minimum absolute atomic E-state index is 0.332. The van der Waals surface area contributed by atoms with Crippen LogP contribution in [-0.4, -0.2) is 18.4 Å². The van der Waals surface area contributed by atoms with Crippen molar-refractivity contribution in [1.82, 2.24) is 5.32 Å². The first-order valence-electron chi connectivity index (χ1n) is 6.04. The number of aryl methyl sites for hydroxylation is 1. The minimum atomic E-state index is 0.332. The molecule has 0 aliphatic heterocycles. The average molecular weight is 217 g/mol. The fourth-order valence-electron chi connectivity index (χ4n) is 1.84. The number of carbonyl (C=O) groups is 1. The summed E-state index contributed by atoms with van der Waals surface area (Å²) < 4.78 is 0. The van der Waals surface area contributed by atoms with Gasteiger partial charge in [0.15, 0.2) is 0 Å². The normalized spacial score (nSPS) is 15.1. The monoisotopic (exact) mass is 217 g/mol. The van der Waals surface area contributed by atoms with E-state index in [0.717, 1.165) is 12.1 Å². The number of nitrogens with one attached hydrogen (secondary N) is 1. The van der Waals surface area contributed by atoms with Crippen LogP contribution in [0, 0.1) is 6.92 Å². The van der Waals surface area contributed by atoms with Crippen molar-refractivity contribution in [1.29, 1.82) is 0 Å². The fraction of sp³-hybridized carbons (Fsp3) is 0.500. The summed E-state index contributed by atoms with van der Waals surface area (Å²) in [7, 11) is 0. The van der Waals surface area contributed by atoms with Gasteiger partial charge in [0.2, 0.25) is 0 Å². The van der Waals surface area contributed by atoms with E-state index < -0.39 is 0 Å². The van der Waals surface area contributed by atoms with Crippen molar-refractivity contribution in [3.8, 4) is 0 Å². The number of rotatable bonds is 6. The zero-order valence-corrected chi connectivity index (χ0v) is 9.83. The summed E-state index contributed by atoms with van der Waals surface area (Å²) in [4.78, 5) is 11.7. The van der Waals surface area contributed by atoms with E-state index in [9.17, 15) is 4.79 Å². The molecule has 1 aromatic rings. The molecular weight excluding hydrogens is 198 g/mol. The molecule has 0 aromatic heterocycles. The van der Waals surface area contributed by atoms with E-state index in [1.807, 2.05) is 12.1 Å². The molecule has 0 amide bonds. The lowest BCUT2D eigenvalue weighted by molar-refractivity contribution is -0.118. The maximum Gasteiger partial charge on any atom is 0.138 e. The molecule has 0 saturated heterocycles. The molecule has 86 valence electrons. The van der Waals surface area contributed by atoms with Gasteiger partial charge in [-0.3, -0.25) is 4.79 Å². The lowest BCUT2D eigenvalue weighted by Gasteiger charge is -2.03. The molecule has 2 nitrogen and oxygen atoms in total. The topological polar surface area (TPSA) is 29.1 Å². The maximum atomic E-state index is 11.7. The molecule has 0 unspecified atom stereocenters. The summed E-state index contributed by atoms with van der Waals surface area (Å²) in [5.74, 6) is 0.332. The highest BCUT2D eigenvalue weighted by molar-refractivity contribution is 5.81. The largest absolute Gasteiger partial charge is 0.314 e. The van der Waals surface area contributed by atoms with Crippen LogP contribution in [0.4, 0.5) is 0 Å². The zero-order chi connectivity index (χ0) is 11.4. The van der Waals surface area contributed by atoms with Crippen molar-refractivity contribution in [3.63, 3.8) is 0 Å². The molecule has 1 aromatic carbocycles. The lowest BCUT2D eigenvalue weighted by Crippen LogP contribution is -2.20. The summed E-state index contributed by atoms with van der Waals surface area (Å²) in [6.07, 6.45) is 3.80. The van der Waals surface area contributed by atoms with E-state index in [1.54, 1.807) is 0 Å². The molecule has 1 aliphatic rings. The predicted molar refractivity (Wildman–Crippen MR) is 65.5 cm³/mol. The first kappa shape index (κ1) is 11.3. The summed E-state index contributed by atoms with van der Waals surface area (Å²) >= 11 is 0. The van der Waals surface area contributed by atoms with Gasteiger partial charge in [-0.25, -0.2) is 0 Å². The molecular formula is C14H19NO. The third-order valence-corrected chi connectivity index (χ3v) is 2.90. The van der Waals surface area contributed by atoms with Crippen molar-refractivity contribution < 1.29 is 4.79 Å². The molecule has 1 fully saturated rings. The second-order valence-electron chi connectivity index (χ2n) is 4.68. The summed E-state index contributed by atoms with van der Waals surface area (Å²) in [6, 6.07) is 8.89. The molecule has 0 heterocycles. The van der Waals surface area contributed by atoms with Crippen molar-refractivity contribution in [2.24, 2.45) is 0 Å². The van der Waals surface area contributed by atoms with Crippen LogP contribution < -0.4 is 5.32 Å². The van der Waals surface area contributed by atoms with Crippen LogP contribution in [0.2, 0.25) is 0 Å². The van der Waals surface area contributed by atoms with Crippen LogP contribution in [0.3, 0.4) is 0 Å². The maximum absolute atomic E-state index is 11.7. The molecule has 16 heavy (non-hydrogen) atoms. The van der Waals surface area contributed by atoms with Gasteiger partial charge in [0.1, 0.15) is 5.78 Å². The number of carbonyl (C=O) groups excluding carboxylic acids is 1. The van der Waals surface area contributed by atoms with E-state index in [4.69, 9.17) is 0 Å². The lowest BCUT2D eigenvalue weighted by atomic mass is 10.1. The highest BCUT2D eigenvalue weighted by Crippen LogP contribution is 2.18. The molecule has 0 atom stereocenters. The van der Waals surface area contributed by atoms with Gasteiger partial charge in [-0.1, -0.05) is 29.8 Å². The Kier molecular flexibility index (Phi) is 3.73. The standard InChI is InChI=1S/C14H19NO/c1-11-3-2-4-12(9-11)10-14(16)7-8-15-13-5-6-13/h2-4,9,13,15H,5-8,10H2,1H3. The molecule has 2 rings (SSSR count). The molecule has 0 spiro atoms. The van der Waals surface area contributed by atoms with Gasteiger partial charge in [-0.05, 0) is 25.3 Å². The van der Waals surface area contributed by atoms with Gasteiger partial charge in [0.25, 0.3) is 0 Å². The van der Waals surface area contributed by atoms with Gasteiger partial charge in [0, 0.05) is 25.4 Å². The first-order chi connectivity index (χ1) is 7.74. The van der Waals surface area contributed by atoms with Crippen LogP contribution in [0.25, 0.3) is 0 Å². The SMILES string of the molecule is Cc1cccc(CC(=O)CCNC2CC2)c1. The zero-order valence-electron chi connectivity index (χ0n) is 9.83. The van der Waals surface area contributed by atoms with Crippen molar-refractivity contribution >= 4 is 5.78 Å². The van der Waals surface area contributed by atoms with Gasteiger partial charge in [-0.2, -0.15) is 0 Å². The van der Waals surface area contributed by atoms with E-state index in [0.29, 0.717) is 24.7 Å². The second kappa shape index (κ2) is 5.26. The van der Waals surface area contributed by atoms with Crippen LogP contribution in [0.5, 0.6) is 0 Å². The van der Waals surface area contributed by atoms with Crippen LogP contribution in [-0.2, 0) is 11.2 Å². The molecule has 1 aliphatic carbocycles. The van der Waals surface area contributed by atoms with E-state index in [2.05, 4.69) is 24.4 Å². The Labute approximate surface area is 97.1 Å². The summed E-state index contributed by atoms with van der Waals surface area (Å²) in [5.41, 5.74) is 2.36. The van der Waals surface area contributed by atoms with Gasteiger partial charge in [-0.15, -0.1) is 0 Å². The van der Waals surface area contributed by atoms with E-state index in [1.165, 1.54) is 18.4 Å². The first-order valence-corrected chi connectivity index (χ1v) is 6.04.